The predicted octanol–water partition coefficient (Wildman–Crippen LogP) is 3.95. The average Bonchev–Trinajstić information content (AvgIpc) is 2.27. The molecule has 0 saturated carbocycles. The largest absolute Gasteiger partial charge is 0.347 e. The molecule has 0 aliphatic carbocycles. The van der Waals surface area contributed by atoms with E-state index in [4.69, 9.17) is 0 Å². The Morgan fingerprint density at radius 3 is 2.44 bits per heavy atom. The van der Waals surface area contributed by atoms with Crippen molar-refractivity contribution < 1.29 is 4.79 Å². The van der Waals surface area contributed by atoms with E-state index in [1.807, 2.05) is 39.0 Å². The fraction of sp³-hybridized carbons (Fsp3) is 0.562. The molecule has 1 aromatic rings. The number of hydrogen-bond donors (Lipinski definition) is 1. The van der Waals surface area contributed by atoms with Crippen molar-refractivity contribution in [2.24, 2.45) is 0 Å². The molecule has 1 amide bonds. The molecule has 2 nitrogen and oxygen atoms in total. The van der Waals surface area contributed by atoms with Crippen molar-refractivity contribution >= 4 is 5.91 Å². The molecule has 1 rings (SSSR count). The van der Waals surface area contributed by atoms with Gasteiger partial charge in [-0.3, -0.25) is 4.79 Å². The monoisotopic (exact) mass is 247 g/mol. The van der Waals surface area contributed by atoms with Gasteiger partial charge in [-0.1, -0.05) is 38.0 Å². The minimum atomic E-state index is -0.187. The summed E-state index contributed by atoms with van der Waals surface area (Å²) in [5.74, 6) is 0.0367. The lowest BCUT2D eigenvalue weighted by molar-refractivity contribution is 0.0918. The van der Waals surface area contributed by atoms with E-state index < -0.39 is 0 Å². The Morgan fingerprint density at radius 2 is 1.83 bits per heavy atom. The van der Waals surface area contributed by atoms with Gasteiger partial charge in [-0.15, -0.1) is 0 Å². The molecular weight excluding hydrogens is 222 g/mol. The fourth-order valence-corrected chi connectivity index (χ4v) is 1.93. The van der Waals surface area contributed by atoms with Gasteiger partial charge in [-0.2, -0.15) is 0 Å². The second-order valence-corrected chi connectivity index (χ2v) is 5.82. The van der Waals surface area contributed by atoms with Gasteiger partial charge < -0.3 is 5.32 Å². The first-order chi connectivity index (χ1) is 8.44. The smallest absolute Gasteiger partial charge is 0.251 e. The number of carbonyl (C=O) groups excluding carboxylic acids is 1. The van der Waals surface area contributed by atoms with E-state index in [1.54, 1.807) is 0 Å². The minimum absolute atomic E-state index is 0.0367. The number of carbonyl (C=O) groups is 1. The third kappa shape index (κ3) is 4.91. The summed E-state index contributed by atoms with van der Waals surface area (Å²) in [5, 5.41) is 3.03. The SMILES string of the molecule is CCCCCc1ccccc1C(=O)NC(C)(C)C. The molecule has 0 atom stereocenters. The summed E-state index contributed by atoms with van der Waals surface area (Å²) < 4.78 is 0. The number of aryl methyl sites for hydroxylation is 1. The third-order valence-corrected chi connectivity index (χ3v) is 2.80. The van der Waals surface area contributed by atoms with Crippen molar-refractivity contribution in [1.29, 1.82) is 0 Å². The lowest BCUT2D eigenvalue weighted by atomic mass is 9.99. The van der Waals surface area contributed by atoms with Crippen molar-refractivity contribution in [3.05, 3.63) is 35.4 Å². The molecule has 0 bridgehead atoms. The zero-order valence-corrected chi connectivity index (χ0v) is 12.0. The van der Waals surface area contributed by atoms with E-state index in [0.29, 0.717) is 0 Å². The van der Waals surface area contributed by atoms with E-state index in [1.165, 1.54) is 12.8 Å². The Hall–Kier alpha value is -1.31. The summed E-state index contributed by atoms with van der Waals surface area (Å²) >= 11 is 0. The summed E-state index contributed by atoms with van der Waals surface area (Å²) in [5.41, 5.74) is 1.80. The van der Waals surface area contributed by atoms with Crippen molar-refractivity contribution in [2.75, 3.05) is 0 Å². The van der Waals surface area contributed by atoms with Crippen LogP contribution in [0.25, 0.3) is 0 Å². The minimum Gasteiger partial charge on any atom is -0.347 e. The molecule has 1 N–H and O–H groups in total. The first-order valence-electron chi connectivity index (χ1n) is 6.84. The van der Waals surface area contributed by atoms with Gasteiger partial charge in [0.1, 0.15) is 0 Å². The molecule has 0 saturated heterocycles. The maximum Gasteiger partial charge on any atom is 0.251 e. The van der Waals surface area contributed by atoms with E-state index in [2.05, 4.69) is 18.3 Å². The fourth-order valence-electron chi connectivity index (χ4n) is 1.93. The number of unbranched alkanes of at least 4 members (excludes halogenated alkanes) is 2. The number of benzene rings is 1. The van der Waals surface area contributed by atoms with Crippen LogP contribution >= 0.6 is 0 Å². The molecule has 0 unspecified atom stereocenters. The van der Waals surface area contributed by atoms with Gasteiger partial charge >= 0.3 is 0 Å². The standard InChI is InChI=1S/C16H25NO/c1-5-6-7-10-13-11-8-9-12-14(13)15(18)17-16(2,3)4/h8-9,11-12H,5-7,10H2,1-4H3,(H,17,18). The Bertz CT molecular complexity index is 390. The third-order valence-electron chi connectivity index (χ3n) is 2.80. The van der Waals surface area contributed by atoms with Gasteiger partial charge in [0.15, 0.2) is 0 Å². The Kier molecular flexibility index (Phi) is 5.39. The van der Waals surface area contributed by atoms with Crippen LogP contribution in [0.1, 0.15) is 62.9 Å². The van der Waals surface area contributed by atoms with Gasteiger partial charge in [0.25, 0.3) is 5.91 Å². The molecule has 0 aliphatic heterocycles. The quantitative estimate of drug-likeness (QED) is 0.784. The lowest BCUT2D eigenvalue weighted by Crippen LogP contribution is -2.40. The van der Waals surface area contributed by atoms with Crippen LogP contribution in [0.2, 0.25) is 0 Å². The van der Waals surface area contributed by atoms with Gasteiger partial charge in [-0.25, -0.2) is 0 Å². The number of rotatable bonds is 5. The highest BCUT2D eigenvalue weighted by molar-refractivity contribution is 5.96. The molecule has 0 heterocycles. The zero-order valence-electron chi connectivity index (χ0n) is 12.0. The van der Waals surface area contributed by atoms with Crippen molar-refractivity contribution in [2.45, 2.75) is 58.9 Å². The van der Waals surface area contributed by atoms with Crippen molar-refractivity contribution in [1.82, 2.24) is 5.32 Å². The summed E-state index contributed by atoms with van der Waals surface area (Å²) in [6.45, 7) is 8.21. The molecule has 0 fully saturated rings. The van der Waals surface area contributed by atoms with Crippen molar-refractivity contribution in [3.63, 3.8) is 0 Å². The topological polar surface area (TPSA) is 29.1 Å². The van der Waals surface area contributed by atoms with E-state index in [9.17, 15) is 4.79 Å². The maximum atomic E-state index is 12.2. The molecule has 0 spiro atoms. The summed E-state index contributed by atoms with van der Waals surface area (Å²) in [4.78, 5) is 12.2. The van der Waals surface area contributed by atoms with Crippen molar-refractivity contribution in [3.8, 4) is 0 Å². The summed E-state index contributed by atoms with van der Waals surface area (Å²) in [6.07, 6.45) is 4.56. The molecule has 18 heavy (non-hydrogen) atoms. The van der Waals surface area contributed by atoms with Crippen LogP contribution in [0, 0.1) is 0 Å². The number of hydrogen-bond acceptors (Lipinski definition) is 1. The van der Waals surface area contributed by atoms with E-state index in [0.717, 1.165) is 24.0 Å². The Morgan fingerprint density at radius 1 is 1.17 bits per heavy atom. The molecule has 100 valence electrons. The van der Waals surface area contributed by atoms with Crippen LogP contribution in [0.3, 0.4) is 0 Å². The normalized spacial score (nSPS) is 11.3. The van der Waals surface area contributed by atoms with E-state index in [-0.39, 0.29) is 11.4 Å². The molecular formula is C16H25NO. The van der Waals surface area contributed by atoms with Gasteiger partial charge in [0.2, 0.25) is 0 Å². The maximum absolute atomic E-state index is 12.2. The predicted molar refractivity (Wildman–Crippen MR) is 76.9 cm³/mol. The Balaban J connectivity index is 2.78. The van der Waals surface area contributed by atoms with Crippen LogP contribution in [0.4, 0.5) is 0 Å². The average molecular weight is 247 g/mol. The second-order valence-electron chi connectivity index (χ2n) is 5.82. The first kappa shape index (κ1) is 14.7. The van der Waals surface area contributed by atoms with Gasteiger partial charge in [0, 0.05) is 11.1 Å². The summed E-state index contributed by atoms with van der Waals surface area (Å²) in [6, 6.07) is 7.92. The zero-order chi connectivity index (χ0) is 13.6. The van der Waals surface area contributed by atoms with E-state index >= 15 is 0 Å². The number of nitrogens with one attached hydrogen (secondary N) is 1. The highest BCUT2D eigenvalue weighted by Gasteiger charge is 2.17. The van der Waals surface area contributed by atoms with Crippen LogP contribution < -0.4 is 5.32 Å². The molecule has 0 radical (unpaired) electrons. The van der Waals surface area contributed by atoms with Gasteiger partial charge in [-0.05, 0) is 45.2 Å². The highest BCUT2D eigenvalue weighted by atomic mass is 16.1. The van der Waals surface area contributed by atoms with Crippen LogP contribution in [-0.2, 0) is 6.42 Å². The van der Waals surface area contributed by atoms with Crippen LogP contribution in [0.5, 0.6) is 0 Å². The summed E-state index contributed by atoms with van der Waals surface area (Å²) in [7, 11) is 0. The number of amides is 1. The molecule has 2 heteroatoms. The van der Waals surface area contributed by atoms with Crippen LogP contribution in [0.15, 0.2) is 24.3 Å². The van der Waals surface area contributed by atoms with Gasteiger partial charge in [0.05, 0.1) is 0 Å². The second kappa shape index (κ2) is 6.58. The molecule has 0 aliphatic rings. The Labute approximate surface area is 111 Å². The lowest BCUT2D eigenvalue weighted by Gasteiger charge is -2.21. The van der Waals surface area contributed by atoms with Crippen LogP contribution in [-0.4, -0.2) is 11.4 Å². The molecule has 1 aromatic carbocycles. The first-order valence-corrected chi connectivity index (χ1v) is 6.84. The highest BCUT2D eigenvalue weighted by Crippen LogP contribution is 2.14. The molecule has 0 aromatic heterocycles.